The quantitative estimate of drug-likeness (QED) is 0.328. The molecule has 0 radical (unpaired) electrons. The van der Waals surface area contributed by atoms with Crippen LogP contribution in [0.2, 0.25) is 0 Å². The smallest absolute Gasteiger partial charge is 0.357 e. The van der Waals surface area contributed by atoms with Crippen LogP contribution in [0.1, 0.15) is 36.7 Å². The molecular formula is C20H29F3IN7. The van der Waals surface area contributed by atoms with Gasteiger partial charge in [-0.2, -0.15) is 18.3 Å². The van der Waals surface area contributed by atoms with Gasteiger partial charge in [-0.05, 0) is 31.9 Å². The van der Waals surface area contributed by atoms with E-state index >= 15 is 0 Å². The molecule has 0 unspecified atom stereocenters. The highest BCUT2D eigenvalue weighted by Gasteiger charge is 2.36. The number of aromatic nitrogens is 3. The Hall–Kier alpha value is -1.89. The number of alkyl halides is 3. The fourth-order valence-electron chi connectivity index (χ4n) is 3.53. The van der Waals surface area contributed by atoms with Crippen molar-refractivity contribution in [1.29, 1.82) is 0 Å². The number of halogens is 4. The van der Waals surface area contributed by atoms with Gasteiger partial charge >= 0.3 is 6.18 Å². The van der Waals surface area contributed by atoms with Crippen LogP contribution in [-0.4, -0.2) is 51.3 Å². The third-order valence-electron chi connectivity index (χ3n) is 4.96. The number of nitrogens with one attached hydrogen (secondary N) is 2. The van der Waals surface area contributed by atoms with Gasteiger partial charge in [0.15, 0.2) is 11.7 Å². The van der Waals surface area contributed by atoms with Crippen molar-refractivity contribution in [2.75, 3.05) is 19.6 Å². The number of pyridine rings is 1. The van der Waals surface area contributed by atoms with Gasteiger partial charge in [0.2, 0.25) is 0 Å². The van der Waals surface area contributed by atoms with Crippen LogP contribution in [0, 0.1) is 0 Å². The molecule has 3 heterocycles. The Morgan fingerprint density at radius 2 is 2.00 bits per heavy atom. The Labute approximate surface area is 197 Å². The molecule has 2 N–H and O–H groups in total. The second-order valence-corrected chi connectivity index (χ2v) is 7.39. The van der Waals surface area contributed by atoms with Crippen molar-refractivity contribution < 1.29 is 13.2 Å². The van der Waals surface area contributed by atoms with Gasteiger partial charge < -0.3 is 10.6 Å². The highest BCUT2D eigenvalue weighted by atomic mass is 127. The summed E-state index contributed by atoms with van der Waals surface area (Å²) in [6.07, 6.45) is 0.537. The van der Waals surface area contributed by atoms with Crippen LogP contribution in [0.3, 0.4) is 0 Å². The average Bonchev–Trinajstić information content (AvgIpc) is 3.10. The molecule has 1 fully saturated rings. The molecule has 7 nitrogen and oxygen atoms in total. The predicted molar refractivity (Wildman–Crippen MR) is 124 cm³/mol. The number of aliphatic imine (C=N–C) groups is 1. The van der Waals surface area contributed by atoms with E-state index in [1.807, 2.05) is 25.1 Å². The fraction of sp³-hybridized carbons (Fsp3) is 0.550. The summed E-state index contributed by atoms with van der Waals surface area (Å²) >= 11 is 0. The zero-order valence-corrected chi connectivity index (χ0v) is 20.0. The summed E-state index contributed by atoms with van der Waals surface area (Å²) in [7, 11) is 1.48. The Morgan fingerprint density at radius 3 is 2.61 bits per heavy atom. The molecule has 31 heavy (non-hydrogen) atoms. The van der Waals surface area contributed by atoms with E-state index in [4.69, 9.17) is 0 Å². The van der Waals surface area contributed by atoms with E-state index in [2.05, 4.69) is 30.6 Å². The van der Waals surface area contributed by atoms with Crippen molar-refractivity contribution in [1.82, 2.24) is 30.3 Å². The van der Waals surface area contributed by atoms with Gasteiger partial charge in [0.05, 0.1) is 12.2 Å². The first kappa shape index (κ1) is 25.4. The summed E-state index contributed by atoms with van der Waals surface area (Å²) in [5.41, 5.74) is 0.232. The zero-order chi connectivity index (χ0) is 21.6. The van der Waals surface area contributed by atoms with E-state index in [1.165, 1.54) is 17.9 Å². The SMILES string of the molecule is CCNC(=NCc1cn(C)nc1C(F)(F)F)NC1CCN(Cc2ccccn2)CC1.I. The maximum absolute atomic E-state index is 13.1. The Bertz CT molecular complexity index is 831. The molecule has 0 amide bonds. The first-order chi connectivity index (χ1) is 14.3. The molecule has 172 valence electrons. The fourth-order valence-corrected chi connectivity index (χ4v) is 3.53. The van der Waals surface area contributed by atoms with Crippen molar-refractivity contribution in [3.63, 3.8) is 0 Å². The lowest BCUT2D eigenvalue weighted by Gasteiger charge is -2.32. The van der Waals surface area contributed by atoms with Gasteiger partial charge in [0, 0.05) is 57.2 Å². The van der Waals surface area contributed by atoms with Crippen LogP contribution in [0.5, 0.6) is 0 Å². The predicted octanol–water partition coefficient (Wildman–Crippen LogP) is 3.17. The molecule has 1 aliphatic rings. The minimum Gasteiger partial charge on any atom is -0.357 e. The third kappa shape index (κ3) is 7.63. The van der Waals surface area contributed by atoms with Crippen LogP contribution in [-0.2, 0) is 26.3 Å². The van der Waals surface area contributed by atoms with Gasteiger partial charge in [0.25, 0.3) is 0 Å². The molecule has 2 aromatic rings. The van der Waals surface area contributed by atoms with Crippen molar-refractivity contribution >= 4 is 29.9 Å². The Balaban J connectivity index is 0.00000341. The van der Waals surface area contributed by atoms with E-state index < -0.39 is 11.9 Å². The summed E-state index contributed by atoms with van der Waals surface area (Å²) in [4.78, 5) is 11.1. The second-order valence-electron chi connectivity index (χ2n) is 7.39. The standard InChI is InChI=1S/C20H28F3N7.HI/c1-3-24-19(26-12-15-13-29(2)28-18(15)20(21,22)23)27-16-7-10-30(11-8-16)14-17-6-4-5-9-25-17;/h4-6,9,13,16H,3,7-8,10-12,14H2,1-2H3,(H2,24,26,27);1H. The highest BCUT2D eigenvalue weighted by molar-refractivity contribution is 14.0. The molecule has 2 aromatic heterocycles. The summed E-state index contributed by atoms with van der Waals surface area (Å²) < 4.78 is 40.6. The molecule has 11 heteroatoms. The van der Waals surface area contributed by atoms with Gasteiger partial charge in [-0.25, -0.2) is 4.99 Å². The maximum atomic E-state index is 13.1. The number of rotatable bonds is 6. The molecule has 1 aliphatic heterocycles. The molecule has 3 rings (SSSR count). The van der Waals surface area contributed by atoms with Crippen molar-refractivity contribution in [3.8, 4) is 0 Å². The normalized spacial score (nSPS) is 16.1. The number of likely N-dealkylation sites (tertiary alicyclic amines) is 1. The van der Waals surface area contributed by atoms with Gasteiger partial charge in [-0.1, -0.05) is 6.07 Å². The zero-order valence-electron chi connectivity index (χ0n) is 17.7. The van der Waals surface area contributed by atoms with E-state index in [1.54, 1.807) is 6.20 Å². The van der Waals surface area contributed by atoms with Crippen molar-refractivity contribution in [2.24, 2.45) is 12.0 Å². The van der Waals surface area contributed by atoms with Crippen molar-refractivity contribution in [2.45, 2.75) is 45.1 Å². The molecule has 0 atom stereocenters. The average molecular weight is 551 g/mol. The first-order valence-corrected chi connectivity index (χ1v) is 10.1. The van der Waals surface area contributed by atoms with Crippen molar-refractivity contribution in [3.05, 3.63) is 47.5 Å². The maximum Gasteiger partial charge on any atom is 0.435 e. The van der Waals surface area contributed by atoms with Crippen LogP contribution in [0.4, 0.5) is 13.2 Å². The molecule has 0 aliphatic carbocycles. The summed E-state index contributed by atoms with van der Waals surface area (Å²) in [5.74, 6) is 0.526. The second kappa shape index (κ2) is 11.7. The molecule has 0 saturated carbocycles. The summed E-state index contributed by atoms with van der Waals surface area (Å²) in [5, 5.41) is 10.0. The monoisotopic (exact) mass is 551 g/mol. The number of piperidine rings is 1. The van der Waals surface area contributed by atoms with Gasteiger partial charge in [0.1, 0.15) is 0 Å². The van der Waals surface area contributed by atoms with E-state index in [0.717, 1.165) is 38.2 Å². The first-order valence-electron chi connectivity index (χ1n) is 10.1. The summed E-state index contributed by atoms with van der Waals surface area (Å²) in [6.45, 7) is 5.14. The van der Waals surface area contributed by atoms with Crippen LogP contribution in [0.25, 0.3) is 0 Å². The minimum atomic E-state index is -4.49. The number of aryl methyl sites for hydroxylation is 1. The molecular weight excluding hydrogens is 522 g/mol. The lowest BCUT2D eigenvalue weighted by atomic mass is 10.0. The van der Waals surface area contributed by atoms with E-state index in [0.29, 0.717) is 12.5 Å². The molecule has 0 bridgehead atoms. The number of hydrogen-bond donors (Lipinski definition) is 2. The molecule has 0 aromatic carbocycles. The van der Waals surface area contributed by atoms with Crippen LogP contribution >= 0.6 is 24.0 Å². The van der Waals surface area contributed by atoms with Gasteiger partial charge in [-0.15, -0.1) is 24.0 Å². The number of hydrogen-bond acceptors (Lipinski definition) is 4. The van der Waals surface area contributed by atoms with Crippen LogP contribution in [0.15, 0.2) is 35.6 Å². The number of nitrogens with zero attached hydrogens (tertiary/aromatic N) is 5. The minimum absolute atomic E-state index is 0. The number of guanidine groups is 1. The highest BCUT2D eigenvalue weighted by Crippen LogP contribution is 2.30. The Morgan fingerprint density at radius 1 is 1.26 bits per heavy atom. The molecule has 1 saturated heterocycles. The lowest BCUT2D eigenvalue weighted by Crippen LogP contribution is -2.48. The molecule has 0 spiro atoms. The third-order valence-corrected chi connectivity index (χ3v) is 4.96. The largest absolute Gasteiger partial charge is 0.435 e. The van der Waals surface area contributed by atoms with E-state index in [9.17, 15) is 13.2 Å². The van der Waals surface area contributed by atoms with Gasteiger partial charge in [-0.3, -0.25) is 14.6 Å². The Kier molecular flexibility index (Phi) is 9.54. The summed E-state index contributed by atoms with van der Waals surface area (Å²) in [6, 6.07) is 6.14. The topological polar surface area (TPSA) is 70.4 Å². The van der Waals surface area contributed by atoms with Crippen LogP contribution < -0.4 is 10.6 Å². The lowest BCUT2D eigenvalue weighted by molar-refractivity contribution is -0.142. The van der Waals surface area contributed by atoms with E-state index in [-0.39, 0.29) is 42.1 Å².